The second kappa shape index (κ2) is 24.7. The molecule has 55 heavy (non-hydrogen) atoms. The lowest BCUT2D eigenvalue weighted by Gasteiger charge is -2.37. The van der Waals surface area contributed by atoms with Crippen molar-refractivity contribution in [3.63, 3.8) is 0 Å². The van der Waals surface area contributed by atoms with E-state index in [1.807, 2.05) is 35.3 Å². The Morgan fingerprint density at radius 1 is 0.600 bits per heavy atom. The first kappa shape index (κ1) is 43.3. The van der Waals surface area contributed by atoms with E-state index in [-0.39, 0.29) is 0 Å². The second-order valence-corrected chi connectivity index (χ2v) is 17.7. The number of hydrogen-bond acceptors (Lipinski definition) is 2. The minimum Gasteiger partial charge on any atom is -0.494 e. The number of allylic oxidation sites excluding steroid dienone is 3. The predicted octanol–water partition coefficient (Wildman–Crippen LogP) is 15.7. The van der Waals surface area contributed by atoms with Gasteiger partial charge >= 0.3 is 0 Å². The van der Waals surface area contributed by atoms with Crippen LogP contribution in [0.4, 0.5) is 0 Å². The van der Waals surface area contributed by atoms with Gasteiger partial charge < -0.3 is 4.74 Å². The van der Waals surface area contributed by atoms with Gasteiger partial charge in [0.1, 0.15) is 5.75 Å². The average Bonchev–Trinajstić information content (AvgIpc) is 3.24. The molecule has 0 N–H and O–H groups in total. The zero-order valence-corrected chi connectivity index (χ0v) is 36.4. The largest absolute Gasteiger partial charge is 0.494 e. The van der Waals surface area contributed by atoms with E-state index >= 15 is 0 Å². The third kappa shape index (κ3) is 15.2. The third-order valence-electron chi connectivity index (χ3n) is 12.9. The minimum atomic E-state index is 0.710. The molecule has 3 aliphatic carbocycles. The Balaban J connectivity index is 0.000000214. The van der Waals surface area contributed by atoms with Crippen molar-refractivity contribution >= 4 is 31.9 Å². The van der Waals surface area contributed by atoms with Gasteiger partial charge in [-0.15, -0.1) is 6.58 Å². The molecule has 294 valence electrons. The lowest BCUT2D eigenvalue weighted by Crippen LogP contribution is -2.25. The van der Waals surface area contributed by atoms with Crippen molar-refractivity contribution in [2.75, 3.05) is 6.61 Å². The van der Waals surface area contributed by atoms with Crippen molar-refractivity contribution in [3.05, 3.63) is 124 Å². The molecule has 4 heteroatoms. The van der Waals surface area contributed by atoms with Crippen LogP contribution in [0.25, 0.3) is 11.1 Å². The van der Waals surface area contributed by atoms with Crippen LogP contribution < -0.4 is 4.74 Å². The van der Waals surface area contributed by atoms with Crippen LogP contribution in [0.2, 0.25) is 0 Å². The van der Waals surface area contributed by atoms with Gasteiger partial charge in [-0.3, -0.25) is 0 Å². The average molecular weight is 868 g/mol. The molecular weight excluding hydrogens is 802 g/mol. The number of halogens is 2. The van der Waals surface area contributed by atoms with E-state index in [1.54, 1.807) is 0 Å². The highest BCUT2D eigenvalue weighted by atomic mass is 79.9. The molecule has 0 saturated heterocycles. The fourth-order valence-electron chi connectivity index (χ4n) is 9.37. The van der Waals surface area contributed by atoms with Crippen molar-refractivity contribution in [2.45, 2.75) is 122 Å². The van der Waals surface area contributed by atoms with Crippen molar-refractivity contribution in [3.8, 4) is 22.9 Å². The summed E-state index contributed by atoms with van der Waals surface area (Å²) in [6.45, 7) is 4.65. The summed E-state index contributed by atoms with van der Waals surface area (Å²) in [5.41, 5.74) is 5.93. The topological polar surface area (TPSA) is 33.0 Å². The van der Waals surface area contributed by atoms with Crippen LogP contribution in [-0.2, 0) is 12.8 Å². The van der Waals surface area contributed by atoms with E-state index in [0.717, 1.165) is 60.7 Å². The van der Waals surface area contributed by atoms with Crippen LogP contribution in [0, 0.1) is 46.8 Å². The molecule has 6 rings (SSSR count). The molecule has 0 amide bonds. The first-order valence-corrected chi connectivity index (χ1v) is 23.4. The summed E-state index contributed by atoms with van der Waals surface area (Å²) in [6.07, 6.45) is 32.1. The summed E-state index contributed by atoms with van der Waals surface area (Å²) in [5, 5.41) is 8.89. The van der Waals surface area contributed by atoms with Crippen LogP contribution in [0.5, 0.6) is 5.75 Å². The maximum absolute atomic E-state index is 8.89. The maximum Gasteiger partial charge on any atom is 0.119 e. The van der Waals surface area contributed by atoms with Gasteiger partial charge in [0.15, 0.2) is 0 Å². The minimum absolute atomic E-state index is 0.710. The Labute approximate surface area is 351 Å². The van der Waals surface area contributed by atoms with Gasteiger partial charge in [0.2, 0.25) is 0 Å². The van der Waals surface area contributed by atoms with Crippen LogP contribution in [0.3, 0.4) is 0 Å². The van der Waals surface area contributed by atoms with Gasteiger partial charge in [-0.05, 0) is 201 Å². The van der Waals surface area contributed by atoms with Crippen molar-refractivity contribution in [2.24, 2.45) is 35.5 Å². The van der Waals surface area contributed by atoms with Crippen molar-refractivity contribution in [1.82, 2.24) is 0 Å². The molecule has 0 radical (unpaired) electrons. The quantitative estimate of drug-likeness (QED) is 0.106. The van der Waals surface area contributed by atoms with Gasteiger partial charge in [0.05, 0.1) is 18.2 Å². The molecule has 0 spiro atoms. The summed E-state index contributed by atoms with van der Waals surface area (Å²) >= 11 is 6.84. The molecule has 0 atom stereocenters. The summed E-state index contributed by atoms with van der Waals surface area (Å²) in [7, 11) is 0. The molecule has 3 aliphatic rings. The fraction of sp³-hybridized carbons (Fsp3) is 0.510. The molecular formula is C51H65Br2NO. The normalized spacial score (nSPS) is 24.2. The molecule has 0 bridgehead atoms. The van der Waals surface area contributed by atoms with E-state index in [2.05, 4.69) is 110 Å². The van der Waals surface area contributed by atoms with Crippen LogP contribution >= 0.6 is 31.9 Å². The van der Waals surface area contributed by atoms with Gasteiger partial charge in [-0.2, -0.15) is 5.26 Å². The number of rotatable bonds is 16. The lowest BCUT2D eigenvalue weighted by molar-refractivity contribution is 0.149. The second-order valence-electron chi connectivity index (χ2n) is 16.6. The smallest absolute Gasteiger partial charge is 0.119 e. The zero-order valence-electron chi connectivity index (χ0n) is 33.2. The van der Waals surface area contributed by atoms with Crippen LogP contribution in [-0.4, -0.2) is 6.61 Å². The molecule has 2 nitrogen and oxygen atoms in total. The van der Waals surface area contributed by atoms with E-state index in [4.69, 9.17) is 10.00 Å². The van der Waals surface area contributed by atoms with E-state index in [9.17, 15) is 0 Å². The molecule has 3 aromatic rings. The van der Waals surface area contributed by atoms with Crippen molar-refractivity contribution in [1.29, 1.82) is 5.26 Å². The Bertz CT molecular complexity index is 1600. The highest BCUT2D eigenvalue weighted by Crippen LogP contribution is 2.42. The number of hydrogen-bond donors (Lipinski definition) is 0. The number of benzene rings is 3. The third-order valence-corrected chi connectivity index (χ3v) is 13.5. The SMILES string of the molecule is C=CCCCc1ccc(OCCCC2CCC(C3CCC(/C=C/Br)CC3)CC2)cc1.N#Cc1ccc(-c2ccc(CCC3CCC(/C=C/Br)CC3)cc2)cc1. The Kier molecular flexibility index (Phi) is 19.4. The highest BCUT2D eigenvalue weighted by molar-refractivity contribution is 9.11. The molecule has 3 saturated carbocycles. The molecule has 0 heterocycles. The number of nitriles is 1. The molecule has 0 aliphatic heterocycles. The Morgan fingerprint density at radius 3 is 1.65 bits per heavy atom. The van der Waals surface area contributed by atoms with E-state index < -0.39 is 0 Å². The highest BCUT2D eigenvalue weighted by Gasteiger charge is 2.30. The number of nitrogens with zero attached hydrogens (tertiary/aromatic N) is 1. The van der Waals surface area contributed by atoms with Gasteiger partial charge in [-0.1, -0.05) is 111 Å². The summed E-state index contributed by atoms with van der Waals surface area (Å²) < 4.78 is 6.00. The monoisotopic (exact) mass is 865 g/mol. The molecule has 0 aromatic heterocycles. The number of ether oxygens (including phenoxy) is 1. The van der Waals surface area contributed by atoms with Gasteiger partial charge in [0, 0.05) is 0 Å². The zero-order chi connectivity index (χ0) is 38.5. The van der Waals surface area contributed by atoms with Gasteiger partial charge in [-0.25, -0.2) is 0 Å². The standard InChI is InChI=1S/C28H41BrO.C23H24BrN/c1-2-3-4-6-23-12-18-28(19-13-23)30-22-5-7-24-8-14-26(15-9-24)27-16-10-25(11-17-27)20-21-29;24-16-15-20-5-3-18(4-6-20)1-2-19-7-11-22(12-8-19)23-13-9-21(17-25)10-14-23/h2,12-13,18-21,24-27H,1,3-11,14-17,22H2;7-16,18,20H,1-6H2/b21-20+;16-15+. The molecule has 3 aromatic carbocycles. The van der Waals surface area contributed by atoms with Crippen LogP contribution in [0.1, 0.15) is 126 Å². The number of aryl methyl sites for hydroxylation is 2. The van der Waals surface area contributed by atoms with E-state index in [1.165, 1.54) is 131 Å². The molecule has 0 unspecified atom stereocenters. The first-order chi connectivity index (χ1) is 27.1. The predicted molar refractivity (Wildman–Crippen MR) is 242 cm³/mol. The molecule has 3 fully saturated rings. The lowest BCUT2D eigenvalue weighted by atomic mass is 9.69. The van der Waals surface area contributed by atoms with Crippen LogP contribution in [0.15, 0.2) is 108 Å². The summed E-state index contributed by atoms with van der Waals surface area (Å²) in [4.78, 5) is 4.08. The van der Waals surface area contributed by atoms with Crippen molar-refractivity contribution < 1.29 is 4.74 Å². The summed E-state index contributed by atoms with van der Waals surface area (Å²) in [6, 6.07) is 27.6. The fourth-order valence-corrected chi connectivity index (χ4v) is 10.2. The summed E-state index contributed by atoms with van der Waals surface area (Å²) in [5.74, 6) is 6.47. The maximum atomic E-state index is 8.89. The Morgan fingerprint density at radius 2 is 1.09 bits per heavy atom. The Hall–Kier alpha value is -2.87. The van der Waals surface area contributed by atoms with E-state index in [0.29, 0.717) is 5.56 Å². The number of unbranched alkanes of at least 4 members (excludes halogenated alkanes) is 1. The van der Waals surface area contributed by atoms with Gasteiger partial charge in [0.25, 0.3) is 0 Å². The first-order valence-electron chi connectivity index (χ1n) is 21.5.